The lowest BCUT2D eigenvalue weighted by molar-refractivity contribution is 0.313. The normalized spacial score (nSPS) is 9.23. The van der Waals surface area contributed by atoms with Gasteiger partial charge in [-0.15, -0.1) is 0 Å². The Morgan fingerprint density at radius 2 is 2.31 bits per heavy atom. The van der Waals surface area contributed by atoms with E-state index in [-0.39, 0.29) is 0 Å². The third kappa shape index (κ3) is 3.82. The van der Waals surface area contributed by atoms with E-state index in [0.717, 1.165) is 12.2 Å². The van der Waals surface area contributed by atoms with E-state index in [1.54, 1.807) is 12.1 Å². The molecule has 1 rings (SSSR count). The van der Waals surface area contributed by atoms with Crippen LogP contribution in [0.2, 0.25) is 5.02 Å². The van der Waals surface area contributed by atoms with Gasteiger partial charge in [-0.25, -0.2) is 0 Å². The number of benzene rings is 1. The fourth-order valence-electron chi connectivity index (χ4n) is 0.898. The van der Waals surface area contributed by atoms with Crippen molar-refractivity contribution in [2.45, 2.75) is 12.8 Å². The van der Waals surface area contributed by atoms with Crippen LogP contribution in [0.1, 0.15) is 12.8 Å². The molecule has 0 fully saturated rings. The summed E-state index contributed by atoms with van der Waals surface area (Å²) in [7, 11) is 0. The first-order valence-corrected chi connectivity index (χ1v) is 4.46. The molecule has 0 saturated heterocycles. The van der Waals surface area contributed by atoms with Gasteiger partial charge in [-0.2, -0.15) is 5.26 Å². The van der Waals surface area contributed by atoms with Crippen LogP contribution < -0.4 is 4.74 Å². The molecule has 0 aliphatic rings. The maximum atomic E-state index is 8.28. The Hall–Kier alpha value is -1.20. The number of nitriles is 1. The fourth-order valence-corrected chi connectivity index (χ4v) is 1.08. The summed E-state index contributed by atoms with van der Waals surface area (Å²) < 4.78 is 5.35. The third-order valence-corrected chi connectivity index (χ3v) is 1.73. The van der Waals surface area contributed by atoms with Gasteiger partial charge >= 0.3 is 0 Å². The molecule has 0 amide bonds. The van der Waals surface area contributed by atoms with Crippen molar-refractivity contribution >= 4 is 11.6 Å². The van der Waals surface area contributed by atoms with Gasteiger partial charge in [0.25, 0.3) is 0 Å². The van der Waals surface area contributed by atoms with Crippen LogP contribution in [0.3, 0.4) is 0 Å². The molecule has 0 radical (unpaired) electrons. The molecule has 68 valence electrons. The number of ether oxygens (including phenoxy) is 1. The van der Waals surface area contributed by atoms with Crippen molar-refractivity contribution in [2.24, 2.45) is 0 Å². The third-order valence-electron chi connectivity index (χ3n) is 1.50. The van der Waals surface area contributed by atoms with Crippen LogP contribution in [0.25, 0.3) is 0 Å². The van der Waals surface area contributed by atoms with Gasteiger partial charge < -0.3 is 4.74 Å². The minimum Gasteiger partial charge on any atom is -0.494 e. The Bertz CT molecular complexity index is 306. The Kier molecular flexibility index (Phi) is 4.14. The smallest absolute Gasteiger partial charge is 0.120 e. The van der Waals surface area contributed by atoms with Gasteiger partial charge in [0.05, 0.1) is 12.7 Å². The summed E-state index contributed by atoms with van der Waals surface area (Å²) in [5, 5.41) is 8.95. The van der Waals surface area contributed by atoms with Crippen LogP contribution in [0.15, 0.2) is 24.3 Å². The number of halogens is 1. The highest BCUT2D eigenvalue weighted by atomic mass is 35.5. The van der Waals surface area contributed by atoms with E-state index < -0.39 is 0 Å². The second-order valence-corrected chi connectivity index (χ2v) is 3.00. The summed E-state index contributed by atoms with van der Waals surface area (Å²) in [5.74, 6) is 0.755. The predicted octanol–water partition coefficient (Wildman–Crippen LogP) is 3.02. The SMILES string of the molecule is N#CCCCOc1cccc(Cl)c1. The maximum absolute atomic E-state index is 8.28. The standard InChI is InChI=1S/C10H10ClNO/c11-9-4-3-5-10(8-9)13-7-2-1-6-12/h3-5,8H,1-2,7H2. The van der Waals surface area contributed by atoms with Gasteiger partial charge in [0, 0.05) is 11.4 Å². The summed E-state index contributed by atoms with van der Waals surface area (Å²) >= 11 is 5.75. The zero-order chi connectivity index (χ0) is 9.52. The van der Waals surface area contributed by atoms with E-state index in [0.29, 0.717) is 18.1 Å². The van der Waals surface area contributed by atoms with Crippen molar-refractivity contribution in [3.63, 3.8) is 0 Å². The Morgan fingerprint density at radius 1 is 1.46 bits per heavy atom. The molecule has 2 nitrogen and oxygen atoms in total. The Balaban J connectivity index is 2.33. The lowest BCUT2D eigenvalue weighted by Crippen LogP contribution is -1.96. The van der Waals surface area contributed by atoms with Crippen molar-refractivity contribution in [1.82, 2.24) is 0 Å². The molecular weight excluding hydrogens is 186 g/mol. The first-order valence-electron chi connectivity index (χ1n) is 4.08. The van der Waals surface area contributed by atoms with E-state index in [2.05, 4.69) is 6.07 Å². The second kappa shape index (κ2) is 5.45. The summed E-state index contributed by atoms with van der Waals surface area (Å²) in [5.41, 5.74) is 0. The number of rotatable bonds is 4. The van der Waals surface area contributed by atoms with Crippen molar-refractivity contribution < 1.29 is 4.74 Å². The average molecular weight is 196 g/mol. The summed E-state index contributed by atoms with van der Waals surface area (Å²) in [6.07, 6.45) is 1.28. The van der Waals surface area contributed by atoms with E-state index in [1.165, 1.54) is 0 Å². The second-order valence-electron chi connectivity index (χ2n) is 2.57. The number of unbranched alkanes of at least 4 members (excludes halogenated alkanes) is 1. The average Bonchev–Trinajstić information content (AvgIpc) is 2.13. The van der Waals surface area contributed by atoms with Crippen molar-refractivity contribution in [1.29, 1.82) is 5.26 Å². The Morgan fingerprint density at radius 3 is 3.00 bits per heavy atom. The molecular formula is C10H10ClNO. The molecule has 0 aliphatic carbocycles. The number of hydrogen-bond donors (Lipinski definition) is 0. The van der Waals surface area contributed by atoms with Crippen LogP contribution in [0.4, 0.5) is 0 Å². The van der Waals surface area contributed by atoms with Gasteiger partial charge in [-0.1, -0.05) is 17.7 Å². The molecule has 0 aliphatic heterocycles. The number of nitrogens with zero attached hydrogens (tertiary/aromatic N) is 1. The largest absolute Gasteiger partial charge is 0.494 e. The van der Waals surface area contributed by atoms with Gasteiger partial charge in [0.15, 0.2) is 0 Å². The van der Waals surface area contributed by atoms with Gasteiger partial charge in [-0.3, -0.25) is 0 Å². The van der Waals surface area contributed by atoms with Crippen LogP contribution in [0, 0.1) is 11.3 Å². The fraction of sp³-hybridized carbons (Fsp3) is 0.300. The molecule has 0 heterocycles. The van der Waals surface area contributed by atoms with Crippen LogP contribution in [0.5, 0.6) is 5.75 Å². The summed E-state index contributed by atoms with van der Waals surface area (Å²) in [4.78, 5) is 0. The molecule has 0 atom stereocenters. The first kappa shape index (κ1) is 9.88. The van der Waals surface area contributed by atoms with Gasteiger partial charge in [-0.05, 0) is 24.6 Å². The molecule has 0 bridgehead atoms. The zero-order valence-corrected chi connectivity index (χ0v) is 7.92. The lowest BCUT2D eigenvalue weighted by Gasteiger charge is -2.03. The molecule has 3 heteroatoms. The summed E-state index contributed by atoms with van der Waals surface area (Å²) in [6, 6.07) is 9.29. The van der Waals surface area contributed by atoms with Crippen molar-refractivity contribution in [3.8, 4) is 11.8 Å². The molecule has 13 heavy (non-hydrogen) atoms. The summed E-state index contributed by atoms with van der Waals surface area (Å²) in [6.45, 7) is 0.563. The van der Waals surface area contributed by atoms with E-state index >= 15 is 0 Å². The highest BCUT2D eigenvalue weighted by molar-refractivity contribution is 6.30. The van der Waals surface area contributed by atoms with E-state index in [1.807, 2.05) is 12.1 Å². The molecule has 0 N–H and O–H groups in total. The molecule has 0 spiro atoms. The minimum atomic E-state index is 0.528. The highest BCUT2D eigenvalue weighted by Crippen LogP contribution is 2.17. The minimum absolute atomic E-state index is 0.528. The molecule has 1 aromatic carbocycles. The molecule has 0 unspecified atom stereocenters. The zero-order valence-electron chi connectivity index (χ0n) is 7.16. The number of hydrogen-bond acceptors (Lipinski definition) is 2. The van der Waals surface area contributed by atoms with Crippen LogP contribution in [-0.4, -0.2) is 6.61 Å². The van der Waals surface area contributed by atoms with Crippen molar-refractivity contribution in [2.75, 3.05) is 6.61 Å². The van der Waals surface area contributed by atoms with E-state index in [4.69, 9.17) is 21.6 Å². The molecule has 1 aromatic rings. The first-order chi connectivity index (χ1) is 6.33. The van der Waals surface area contributed by atoms with Crippen molar-refractivity contribution in [3.05, 3.63) is 29.3 Å². The topological polar surface area (TPSA) is 33.0 Å². The molecule has 0 aromatic heterocycles. The predicted molar refractivity (Wildman–Crippen MR) is 51.8 cm³/mol. The Labute approximate surface area is 82.7 Å². The monoisotopic (exact) mass is 195 g/mol. The van der Waals surface area contributed by atoms with Gasteiger partial charge in [0.1, 0.15) is 5.75 Å². The van der Waals surface area contributed by atoms with Gasteiger partial charge in [0.2, 0.25) is 0 Å². The van der Waals surface area contributed by atoms with E-state index in [9.17, 15) is 0 Å². The molecule has 0 saturated carbocycles. The van der Waals surface area contributed by atoms with Crippen LogP contribution >= 0.6 is 11.6 Å². The quantitative estimate of drug-likeness (QED) is 0.692. The maximum Gasteiger partial charge on any atom is 0.120 e. The van der Waals surface area contributed by atoms with Crippen LogP contribution in [-0.2, 0) is 0 Å². The highest BCUT2D eigenvalue weighted by Gasteiger charge is 1.93. The lowest BCUT2D eigenvalue weighted by atomic mass is 10.3.